The van der Waals surface area contributed by atoms with Gasteiger partial charge >= 0.3 is 0 Å². The van der Waals surface area contributed by atoms with Gasteiger partial charge in [0.25, 0.3) is 0 Å². The highest BCUT2D eigenvalue weighted by atomic mass is 16.4. The Hall–Kier alpha value is -1.21. The molecule has 0 saturated heterocycles. The number of hydrogen-bond acceptors (Lipinski definition) is 3. The summed E-state index contributed by atoms with van der Waals surface area (Å²) in [4.78, 5) is 0. The molecule has 0 heterocycles. The first-order valence-electron chi connectivity index (χ1n) is 4.84. The summed E-state index contributed by atoms with van der Waals surface area (Å²) in [6.07, 6.45) is 8.62. The van der Waals surface area contributed by atoms with Gasteiger partial charge in [0.15, 0.2) is 0 Å². The predicted octanol–water partition coefficient (Wildman–Crippen LogP) is 0.905. The molecular weight excluding hydrogens is 178 g/mol. The van der Waals surface area contributed by atoms with Gasteiger partial charge < -0.3 is 16.3 Å². The third kappa shape index (κ3) is 7.44. The van der Waals surface area contributed by atoms with E-state index in [1.807, 2.05) is 6.92 Å². The lowest BCUT2D eigenvalue weighted by Gasteiger charge is -2.11. The number of amidine groups is 1. The molecule has 0 aromatic heterocycles. The molecular formula is C10H19N3O. The second-order valence-electron chi connectivity index (χ2n) is 3.31. The minimum atomic E-state index is 0.233. The molecule has 4 N–H and O–H groups in total. The van der Waals surface area contributed by atoms with E-state index in [1.54, 1.807) is 0 Å². The van der Waals surface area contributed by atoms with Gasteiger partial charge in [0, 0.05) is 18.9 Å². The van der Waals surface area contributed by atoms with Gasteiger partial charge in [0.2, 0.25) is 0 Å². The topological polar surface area (TPSA) is 70.6 Å². The molecule has 0 saturated carbocycles. The first-order chi connectivity index (χ1) is 6.70. The van der Waals surface area contributed by atoms with E-state index in [4.69, 9.17) is 17.4 Å². The first kappa shape index (κ1) is 12.8. The second kappa shape index (κ2) is 8.39. The summed E-state index contributed by atoms with van der Waals surface area (Å²) in [7, 11) is 0. The van der Waals surface area contributed by atoms with E-state index in [1.165, 1.54) is 0 Å². The molecule has 80 valence electrons. The van der Waals surface area contributed by atoms with E-state index in [0.717, 1.165) is 25.8 Å². The Morgan fingerprint density at radius 3 is 2.93 bits per heavy atom. The molecule has 0 rings (SSSR count). The van der Waals surface area contributed by atoms with Gasteiger partial charge in [-0.15, -0.1) is 12.3 Å². The maximum Gasteiger partial charge on any atom is 0.140 e. The number of unbranched alkanes of at least 4 members (excludes halogenated alkanes) is 2. The van der Waals surface area contributed by atoms with Crippen LogP contribution in [0.1, 0.15) is 32.6 Å². The van der Waals surface area contributed by atoms with Crippen LogP contribution in [0.2, 0.25) is 0 Å². The number of hydrogen-bond donors (Lipinski definition) is 3. The van der Waals surface area contributed by atoms with Gasteiger partial charge in [-0.2, -0.15) is 0 Å². The minimum Gasteiger partial charge on any atom is -0.409 e. The molecule has 0 aliphatic carbocycles. The van der Waals surface area contributed by atoms with Crippen molar-refractivity contribution < 1.29 is 5.21 Å². The van der Waals surface area contributed by atoms with Crippen molar-refractivity contribution in [3.05, 3.63) is 0 Å². The van der Waals surface area contributed by atoms with E-state index < -0.39 is 0 Å². The smallest absolute Gasteiger partial charge is 0.140 e. The number of nitrogens with one attached hydrogen (secondary N) is 1. The normalized spacial score (nSPS) is 13.6. The Kier molecular flexibility index (Phi) is 7.67. The summed E-state index contributed by atoms with van der Waals surface area (Å²) in [5.41, 5.74) is 5.36. The van der Waals surface area contributed by atoms with Crippen molar-refractivity contribution in [1.82, 2.24) is 5.32 Å². The molecule has 0 bridgehead atoms. The quantitative estimate of drug-likeness (QED) is 0.142. The minimum absolute atomic E-state index is 0.233. The van der Waals surface area contributed by atoms with Gasteiger partial charge in [-0.05, 0) is 26.3 Å². The van der Waals surface area contributed by atoms with Crippen LogP contribution in [0.4, 0.5) is 0 Å². The standard InChI is InChI=1S/C10H19N3O/c1-3-4-5-6-7-12-9(2)8-10(11)13-14/h1,9,12,14H,4-8H2,2H3,(H2,11,13). The predicted molar refractivity (Wildman–Crippen MR) is 58.2 cm³/mol. The summed E-state index contributed by atoms with van der Waals surface area (Å²) >= 11 is 0. The number of rotatable bonds is 7. The van der Waals surface area contributed by atoms with Crippen molar-refractivity contribution in [2.75, 3.05) is 6.54 Å². The zero-order valence-electron chi connectivity index (χ0n) is 8.66. The zero-order chi connectivity index (χ0) is 10.8. The maximum absolute atomic E-state index is 8.34. The first-order valence-corrected chi connectivity index (χ1v) is 4.84. The lowest BCUT2D eigenvalue weighted by atomic mass is 10.2. The molecule has 4 heteroatoms. The van der Waals surface area contributed by atoms with Crippen LogP contribution in [0.15, 0.2) is 5.16 Å². The molecule has 0 aliphatic heterocycles. The SMILES string of the molecule is C#CCCCCNC(C)CC(N)=NO. The summed E-state index contributed by atoms with van der Waals surface area (Å²) in [6, 6.07) is 0.233. The van der Waals surface area contributed by atoms with Crippen molar-refractivity contribution >= 4 is 5.84 Å². The lowest BCUT2D eigenvalue weighted by Crippen LogP contribution is -2.31. The fraction of sp³-hybridized carbons (Fsp3) is 0.700. The molecule has 1 unspecified atom stereocenters. The van der Waals surface area contributed by atoms with Crippen LogP contribution in [-0.2, 0) is 0 Å². The van der Waals surface area contributed by atoms with Crippen LogP contribution in [0.5, 0.6) is 0 Å². The van der Waals surface area contributed by atoms with E-state index in [-0.39, 0.29) is 11.9 Å². The van der Waals surface area contributed by atoms with Gasteiger partial charge in [-0.25, -0.2) is 0 Å². The van der Waals surface area contributed by atoms with Crippen LogP contribution >= 0.6 is 0 Å². The summed E-state index contributed by atoms with van der Waals surface area (Å²) < 4.78 is 0. The molecule has 0 fully saturated rings. The summed E-state index contributed by atoms with van der Waals surface area (Å²) in [5.74, 6) is 2.86. The van der Waals surface area contributed by atoms with E-state index in [9.17, 15) is 0 Å². The molecule has 0 aromatic rings. The van der Waals surface area contributed by atoms with Crippen LogP contribution in [-0.4, -0.2) is 23.6 Å². The Labute approximate surface area is 85.6 Å². The zero-order valence-corrected chi connectivity index (χ0v) is 8.66. The fourth-order valence-electron chi connectivity index (χ4n) is 1.13. The molecule has 0 aliphatic rings. The van der Waals surface area contributed by atoms with Gasteiger partial charge in [0.1, 0.15) is 5.84 Å². The van der Waals surface area contributed by atoms with Crippen molar-refractivity contribution in [1.29, 1.82) is 0 Å². The Morgan fingerprint density at radius 1 is 1.64 bits per heavy atom. The summed E-state index contributed by atoms with van der Waals surface area (Å²) in [5, 5.41) is 14.5. The highest BCUT2D eigenvalue weighted by Crippen LogP contribution is 1.94. The molecule has 1 atom stereocenters. The number of nitrogens with two attached hydrogens (primary N) is 1. The molecule has 14 heavy (non-hydrogen) atoms. The third-order valence-corrected chi connectivity index (χ3v) is 1.88. The van der Waals surface area contributed by atoms with Crippen molar-refractivity contribution in [2.45, 2.75) is 38.6 Å². The van der Waals surface area contributed by atoms with Gasteiger partial charge in [0.05, 0.1) is 0 Å². The largest absolute Gasteiger partial charge is 0.409 e. The second-order valence-corrected chi connectivity index (χ2v) is 3.31. The van der Waals surface area contributed by atoms with Crippen molar-refractivity contribution in [3.8, 4) is 12.3 Å². The number of terminal acetylenes is 1. The monoisotopic (exact) mass is 197 g/mol. The Morgan fingerprint density at radius 2 is 2.36 bits per heavy atom. The number of nitrogens with zero attached hydrogens (tertiary/aromatic N) is 1. The van der Waals surface area contributed by atoms with Crippen LogP contribution in [0.3, 0.4) is 0 Å². The molecule has 4 nitrogen and oxygen atoms in total. The van der Waals surface area contributed by atoms with E-state index >= 15 is 0 Å². The number of oxime groups is 1. The Balaban J connectivity index is 3.36. The van der Waals surface area contributed by atoms with Crippen LogP contribution in [0, 0.1) is 12.3 Å². The average Bonchev–Trinajstić information content (AvgIpc) is 2.17. The molecule has 0 spiro atoms. The van der Waals surface area contributed by atoms with Crippen LogP contribution < -0.4 is 11.1 Å². The highest BCUT2D eigenvalue weighted by molar-refractivity contribution is 5.80. The highest BCUT2D eigenvalue weighted by Gasteiger charge is 2.03. The van der Waals surface area contributed by atoms with Gasteiger partial charge in [-0.3, -0.25) is 0 Å². The van der Waals surface area contributed by atoms with E-state index in [0.29, 0.717) is 6.42 Å². The van der Waals surface area contributed by atoms with Crippen molar-refractivity contribution in [3.63, 3.8) is 0 Å². The Bertz CT molecular complexity index is 208. The van der Waals surface area contributed by atoms with Crippen LogP contribution in [0.25, 0.3) is 0 Å². The summed E-state index contributed by atoms with van der Waals surface area (Å²) in [6.45, 7) is 2.92. The third-order valence-electron chi connectivity index (χ3n) is 1.88. The lowest BCUT2D eigenvalue weighted by molar-refractivity contribution is 0.316. The molecule has 0 amide bonds. The van der Waals surface area contributed by atoms with Crippen molar-refractivity contribution in [2.24, 2.45) is 10.9 Å². The van der Waals surface area contributed by atoms with Gasteiger partial charge in [-0.1, -0.05) is 5.16 Å². The van der Waals surface area contributed by atoms with E-state index in [2.05, 4.69) is 16.4 Å². The average molecular weight is 197 g/mol. The fourth-order valence-corrected chi connectivity index (χ4v) is 1.13. The molecule has 0 aromatic carbocycles. The maximum atomic E-state index is 8.34. The molecule has 0 radical (unpaired) electrons.